The van der Waals surface area contributed by atoms with Crippen LogP contribution in [0.15, 0.2) is 48.5 Å². The van der Waals surface area contributed by atoms with Gasteiger partial charge in [0, 0.05) is 18.0 Å². The molecular formula is C17H20N2O2S. The van der Waals surface area contributed by atoms with Gasteiger partial charge in [-0.05, 0) is 35.1 Å². The van der Waals surface area contributed by atoms with E-state index in [1.54, 1.807) is 11.8 Å². The minimum Gasteiger partial charge on any atom is -0.392 e. The Morgan fingerprint density at radius 2 is 1.77 bits per heavy atom. The number of hydrogen-bond acceptors (Lipinski definition) is 3. The quantitative estimate of drug-likeness (QED) is 0.766. The summed E-state index contributed by atoms with van der Waals surface area (Å²) in [4.78, 5) is 11.9. The van der Waals surface area contributed by atoms with Crippen LogP contribution in [0.3, 0.4) is 0 Å². The molecule has 0 radical (unpaired) electrons. The van der Waals surface area contributed by atoms with Crippen molar-refractivity contribution in [1.82, 2.24) is 5.32 Å². The standard InChI is InChI=1S/C17H20N2O2S/c1-22-12-13-6-8-16(9-7-13)19-17(21)18-10-14-4-2-3-5-15(14)11-20/h2-9,20H,10-12H2,1H3,(H2,18,19,21). The monoisotopic (exact) mass is 316 g/mol. The van der Waals surface area contributed by atoms with Gasteiger partial charge >= 0.3 is 6.03 Å². The van der Waals surface area contributed by atoms with Gasteiger partial charge in [0.1, 0.15) is 0 Å². The maximum atomic E-state index is 11.9. The molecule has 0 aliphatic carbocycles. The van der Waals surface area contributed by atoms with Crippen molar-refractivity contribution in [3.8, 4) is 0 Å². The lowest BCUT2D eigenvalue weighted by molar-refractivity contribution is 0.251. The molecule has 0 heterocycles. The Bertz CT molecular complexity index is 614. The summed E-state index contributed by atoms with van der Waals surface area (Å²) in [5.41, 5.74) is 3.73. The van der Waals surface area contributed by atoms with Crippen LogP contribution >= 0.6 is 11.8 Å². The molecule has 3 N–H and O–H groups in total. The summed E-state index contributed by atoms with van der Waals surface area (Å²) in [6, 6.07) is 15.0. The van der Waals surface area contributed by atoms with E-state index >= 15 is 0 Å². The number of anilines is 1. The van der Waals surface area contributed by atoms with Crippen LogP contribution in [-0.4, -0.2) is 17.4 Å². The van der Waals surface area contributed by atoms with Crippen LogP contribution in [0.1, 0.15) is 16.7 Å². The van der Waals surface area contributed by atoms with Crippen LogP contribution in [0.4, 0.5) is 10.5 Å². The number of amides is 2. The number of urea groups is 1. The van der Waals surface area contributed by atoms with Crippen LogP contribution in [-0.2, 0) is 18.9 Å². The molecule has 0 fully saturated rings. The molecule has 0 bridgehead atoms. The van der Waals surface area contributed by atoms with Crippen molar-refractivity contribution in [2.45, 2.75) is 18.9 Å². The molecule has 0 atom stereocenters. The topological polar surface area (TPSA) is 61.4 Å². The zero-order chi connectivity index (χ0) is 15.8. The number of hydrogen-bond donors (Lipinski definition) is 3. The Morgan fingerprint density at radius 1 is 1.09 bits per heavy atom. The highest BCUT2D eigenvalue weighted by Gasteiger charge is 2.04. The lowest BCUT2D eigenvalue weighted by Crippen LogP contribution is -2.28. The van der Waals surface area contributed by atoms with Gasteiger partial charge in [0.2, 0.25) is 0 Å². The molecule has 0 unspecified atom stereocenters. The van der Waals surface area contributed by atoms with E-state index in [0.717, 1.165) is 22.6 Å². The van der Waals surface area contributed by atoms with Gasteiger partial charge in [-0.1, -0.05) is 36.4 Å². The molecule has 0 aliphatic rings. The molecule has 0 saturated carbocycles. The van der Waals surface area contributed by atoms with E-state index in [4.69, 9.17) is 0 Å². The molecule has 2 aromatic carbocycles. The van der Waals surface area contributed by atoms with Crippen molar-refractivity contribution in [3.63, 3.8) is 0 Å². The minimum atomic E-state index is -0.259. The van der Waals surface area contributed by atoms with E-state index in [1.807, 2.05) is 48.5 Å². The van der Waals surface area contributed by atoms with Crippen molar-refractivity contribution in [1.29, 1.82) is 0 Å². The second kappa shape index (κ2) is 8.46. The number of thioether (sulfide) groups is 1. The Morgan fingerprint density at radius 3 is 2.41 bits per heavy atom. The highest BCUT2D eigenvalue weighted by molar-refractivity contribution is 7.97. The molecule has 4 nitrogen and oxygen atoms in total. The number of carbonyl (C=O) groups excluding carboxylic acids is 1. The molecule has 0 spiro atoms. The van der Waals surface area contributed by atoms with E-state index in [-0.39, 0.29) is 12.6 Å². The molecule has 0 aliphatic heterocycles. The second-order valence-electron chi connectivity index (χ2n) is 4.86. The fourth-order valence-corrected chi connectivity index (χ4v) is 2.61. The maximum Gasteiger partial charge on any atom is 0.319 e. The van der Waals surface area contributed by atoms with Gasteiger partial charge in [0.25, 0.3) is 0 Å². The van der Waals surface area contributed by atoms with Crippen LogP contribution in [0.5, 0.6) is 0 Å². The molecule has 0 saturated heterocycles. The highest BCUT2D eigenvalue weighted by atomic mass is 32.2. The molecule has 0 aromatic heterocycles. The predicted octanol–water partition coefficient (Wildman–Crippen LogP) is 3.36. The SMILES string of the molecule is CSCc1ccc(NC(=O)NCc2ccccc2CO)cc1. The van der Waals surface area contributed by atoms with E-state index in [9.17, 15) is 9.90 Å². The fourth-order valence-electron chi connectivity index (χ4n) is 2.09. The third-order valence-electron chi connectivity index (χ3n) is 3.25. The van der Waals surface area contributed by atoms with Crippen LogP contribution in [0.2, 0.25) is 0 Å². The zero-order valence-electron chi connectivity index (χ0n) is 12.5. The third kappa shape index (κ3) is 4.79. The number of aliphatic hydroxyl groups is 1. The normalized spacial score (nSPS) is 10.3. The molecule has 2 aromatic rings. The Labute approximate surface area is 134 Å². The first-order valence-electron chi connectivity index (χ1n) is 7.03. The number of nitrogens with one attached hydrogen (secondary N) is 2. The van der Waals surface area contributed by atoms with Crippen molar-refractivity contribution >= 4 is 23.5 Å². The number of benzene rings is 2. The molecular weight excluding hydrogens is 296 g/mol. The molecule has 5 heteroatoms. The first-order valence-corrected chi connectivity index (χ1v) is 8.42. The second-order valence-corrected chi connectivity index (χ2v) is 5.73. The Balaban J connectivity index is 1.87. The van der Waals surface area contributed by atoms with Crippen molar-refractivity contribution < 1.29 is 9.90 Å². The summed E-state index contributed by atoms with van der Waals surface area (Å²) in [5.74, 6) is 0.963. The minimum absolute atomic E-state index is 0.0314. The summed E-state index contributed by atoms with van der Waals surface area (Å²) in [7, 11) is 0. The summed E-state index contributed by atoms with van der Waals surface area (Å²) < 4.78 is 0. The van der Waals surface area contributed by atoms with Crippen molar-refractivity contribution in [2.24, 2.45) is 0 Å². The summed E-state index contributed by atoms with van der Waals surface area (Å²) >= 11 is 1.76. The van der Waals surface area contributed by atoms with Gasteiger partial charge < -0.3 is 15.7 Å². The molecule has 116 valence electrons. The number of carbonyl (C=O) groups is 1. The first kappa shape index (κ1) is 16.4. The Kier molecular flexibility index (Phi) is 6.30. The smallest absolute Gasteiger partial charge is 0.319 e. The predicted molar refractivity (Wildman–Crippen MR) is 91.9 cm³/mol. The zero-order valence-corrected chi connectivity index (χ0v) is 13.3. The lowest BCUT2D eigenvalue weighted by atomic mass is 10.1. The third-order valence-corrected chi connectivity index (χ3v) is 3.87. The van der Waals surface area contributed by atoms with E-state index in [0.29, 0.717) is 6.54 Å². The number of rotatable bonds is 6. The van der Waals surface area contributed by atoms with Gasteiger partial charge in [0.05, 0.1) is 6.61 Å². The Hall–Kier alpha value is -1.98. The van der Waals surface area contributed by atoms with Crippen LogP contribution in [0, 0.1) is 0 Å². The largest absolute Gasteiger partial charge is 0.392 e. The van der Waals surface area contributed by atoms with E-state index in [2.05, 4.69) is 16.9 Å². The highest BCUT2D eigenvalue weighted by Crippen LogP contribution is 2.14. The van der Waals surface area contributed by atoms with Crippen LogP contribution < -0.4 is 10.6 Å². The number of aliphatic hydroxyl groups excluding tert-OH is 1. The first-order chi connectivity index (χ1) is 10.7. The average Bonchev–Trinajstić information content (AvgIpc) is 2.55. The van der Waals surface area contributed by atoms with Gasteiger partial charge in [-0.2, -0.15) is 11.8 Å². The molecule has 22 heavy (non-hydrogen) atoms. The van der Waals surface area contributed by atoms with Gasteiger partial charge in [-0.25, -0.2) is 4.79 Å². The van der Waals surface area contributed by atoms with Gasteiger partial charge in [-0.15, -0.1) is 0 Å². The molecule has 2 rings (SSSR count). The maximum absolute atomic E-state index is 11.9. The van der Waals surface area contributed by atoms with Crippen molar-refractivity contribution in [3.05, 3.63) is 65.2 Å². The van der Waals surface area contributed by atoms with E-state index < -0.39 is 0 Å². The van der Waals surface area contributed by atoms with Crippen LogP contribution in [0.25, 0.3) is 0 Å². The van der Waals surface area contributed by atoms with Gasteiger partial charge in [-0.3, -0.25) is 0 Å². The average molecular weight is 316 g/mol. The molecule has 2 amide bonds. The fraction of sp³-hybridized carbons (Fsp3) is 0.235. The van der Waals surface area contributed by atoms with E-state index in [1.165, 1.54) is 5.56 Å². The van der Waals surface area contributed by atoms with Gasteiger partial charge in [0.15, 0.2) is 0 Å². The summed E-state index contributed by atoms with van der Waals surface area (Å²) in [5, 5.41) is 14.9. The summed E-state index contributed by atoms with van der Waals surface area (Å²) in [6.45, 7) is 0.351. The lowest BCUT2D eigenvalue weighted by Gasteiger charge is -2.10. The summed E-state index contributed by atoms with van der Waals surface area (Å²) in [6.07, 6.45) is 2.06. The van der Waals surface area contributed by atoms with Crippen molar-refractivity contribution in [2.75, 3.05) is 11.6 Å².